The van der Waals surface area contributed by atoms with Crippen LogP contribution in [0.15, 0.2) is 5.38 Å². The molecule has 2 heterocycles. The fourth-order valence-electron chi connectivity index (χ4n) is 2.41. The first-order chi connectivity index (χ1) is 7.46. The quantitative estimate of drug-likeness (QED) is 0.922. The number of hydrogen-bond acceptors (Lipinski definition) is 4. The fourth-order valence-corrected chi connectivity index (χ4v) is 3.07. The highest BCUT2D eigenvalue weighted by Gasteiger charge is 2.30. The van der Waals surface area contributed by atoms with Gasteiger partial charge >= 0.3 is 0 Å². The summed E-state index contributed by atoms with van der Waals surface area (Å²) >= 11 is 1.74. The molecule has 3 nitrogen and oxygen atoms in total. The number of rotatable bonds is 3. The molecule has 0 radical (unpaired) electrons. The van der Waals surface area contributed by atoms with E-state index < -0.39 is 0 Å². The lowest BCUT2D eigenvalue weighted by molar-refractivity contribution is 0.208. The molecule has 1 aliphatic rings. The summed E-state index contributed by atoms with van der Waals surface area (Å²) < 4.78 is 0. The Morgan fingerprint density at radius 1 is 1.59 bits per heavy atom. The largest absolute Gasteiger partial charge is 0.324 e. The summed E-state index contributed by atoms with van der Waals surface area (Å²) in [5.41, 5.74) is 7.22. The molecule has 1 aromatic rings. The van der Waals surface area contributed by atoms with Gasteiger partial charge in [-0.3, -0.25) is 4.90 Å². The van der Waals surface area contributed by atoms with E-state index in [-0.39, 0.29) is 17.9 Å². The summed E-state index contributed by atoms with van der Waals surface area (Å²) in [4.78, 5) is 7.09. The average Bonchev–Trinajstić information content (AvgIpc) is 2.71. The molecule has 0 aromatic carbocycles. The third kappa shape index (κ3) is 3.91. The van der Waals surface area contributed by atoms with E-state index in [0.717, 1.165) is 18.1 Å². The van der Waals surface area contributed by atoms with Crippen LogP contribution in [-0.4, -0.2) is 28.5 Å². The van der Waals surface area contributed by atoms with Gasteiger partial charge in [0.2, 0.25) is 0 Å². The van der Waals surface area contributed by atoms with Crippen LogP contribution in [0.4, 0.5) is 0 Å². The van der Waals surface area contributed by atoms with Gasteiger partial charge < -0.3 is 5.73 Å². The van der Waals surface area contributed by atoms with Crippen molar-refractivity contribution in [1.29, 1.82) is 0 Å². The maximum atomic E-state index is 6.10. The van der Waals surface area contributed by atoms with Gasteiger partial charge in [-0.05, 0) is 40.2 Å². The summed E-state index contributed by atoms with van der Waals surface area (Å²) in [6.07, 6.45) is 2.48. The van der Waals surface area contributed by atoms with Crippen molar-refractivity contribution in [3.8, 4) is 0 Å². The molecule has 1 saturated heterocycles. The van der Waals surface area contributed by atoms with Crippen molar-refractivity contribution in [2.24, 2.45) is 5.73 Å². The lowest BCUT2D eigenvalue weighted by atomic mass is 10.1. The van der Waals surface area contributed by atoms with Crippen molar-refractivity contribution in [1.82, 2.24) is 9.88 Å². The van der Waals surface area contributed by atoms with Gasteiger partial charge in [-0.1, -0.05) is 0 Å². The third-order valence-corrected chi connectivity index (χ3v) is 3.74. The van der Waals surface area contributed by atoms with Crippen molar-refractivity contribution in [2.75, 3.05) is 13.1 Å². The zero-order valence-electron chi connectivity index (χ0n) is 10.8. The van der Waals surface area contributed by atoms with E-state index in [0.29, 0.717) is 6.04 Å². The summed E-state index contributed by atoms with van der Waals surface area (Å²) in [5.74, 6) is 0. The van der Waals surface area contributed by atoms with E-state index >= 15 is 0 Å². The highest BCUT2D eigenvalue weighted by Crippen LogP contribution is 2.32. The van der Waals surface area contributed by atoms with Crippen molar-refractivity contribution in [2.45, 2.75) is 45.2 Å². The van der Waals surface area contributed by atoms with Crippen LogP contribution in [-0.2, 0) is 0 Å². The van der Waals surface area contributed by atoms with Crippen LogP contribution < -0.4 is 5.73 Å². The summed E-state index contributed by atoms with van der Waals surface area (Å²) in [7, 11) is 0. The van der Waals surface area contributed by atoms with Gasteiger partial charge in [0.25, 0.3) is 0 Å². The second-order valence-electron chi connectivity index (χ2n) is 5.41. The van der Waals surface area contributed by atoms with Crippen LogP contribution in [0.25, 0.3) is 0 Å². The molecule has 0 amide bonds. The van der Waals surface area contributed by atoms with Crippen LogP contribution in [0, 0.1) is 6.92 Å². The Kier molecular flexibility index (Phi) is 4.95. The Labute approximate surface area is 114 Å². The van der Waals surface area contributed by atoms with Gasteiger partial charge in [-0.15, -0.1) is 23.7 Å². The molecule has 0 spiro atoms. The van der Waals surface area contributed by atoms with Crippen molar-refractivity contribution in [3.63, 3.8) is 0 Å². The Balaban J connectivity index is 0.00000144. The molecule has 1 atom stereocenters. The predicted octanol–water partition coefficient (Wildman–Crippen LogP) is 2.75. The minimum absolute atomic E-state index is 0. The molecule has 0 saturated carbocycles. The number of hydrogen-bond donors (Lipinski definition) is 1. The van der Waals surface area contributed by atoms with Crippen LogP contribution in [0.3, 0.4) is 0 Å². The van der Waals surface area contributed by atoms with E-state index in [2.05, 4.69) is 36.0 Å². The molecule has 0 aliphatic carbocycles. The zero-order valence-corrected chi connectivity index (χ0v) is 12.4. The maximum Gasteiger partial charge on any atom is 0.0898 e. The van der Waals surface area contributed by atoms with Crippen molar-refractivity contribution in [3.05, 3.63) is 16.1 Å². The molecule has 17 heavy (non-hydrogen) atoms. The first-order valence-electron chi connectivity index (χ1n) is 5.91. The number of thiazole rings is 1. The van der Waals surface area contributed by atoms with E-state index in [1.807, 2.05) is 0 Å². The van der Waals surface area contributed by atoms with Crippen LogP contribution >= 0.6 is 23.7 Å². The molecular formula is C12H22ClN3S. The van der Waals surface area contributed by atoms with Gasteiger partial charge in [0, 0.05) is 17.5 Å². The molecule has 1 fully saturated rings. The molecule has 0 unspecified atom stereocenters. The normalized spacial score (nSPS) is 21.5. The molecular weight excluding hydrogens is 254 g/mol. The molecule has 2 rings (SSSR count). The number of halogens is 1. The second-order valence-corrected chi connectivity index (χ2v) is 6.47. The van der Waals surface area contributed by atoms with Crippen LogP contribution in [0.2, 0.25) is 0 Å². The zero-order chi connectivity index (χ0) is 11.8. The SMILES string of the molecule is Cc1nc([C@H]2CCCN2CC(C)(C)N)cs1.Cl. The summed E-state index contributed by atoms with van der Waals surface area (Å²) in [6.45, 7) is 8.36. The van der Waals surface area contributed by atoms with E-state index in [9.17, 15) is 0 Å². The molecule has 1 aliphatic heterocycles. The number of aryl methyl sites for hydroxylation is 1. The summed E-state index contributed by atoms with van der Waals surface area (Å²) in [5, 5.41) is 3.36. The van der Waals surface area contributed by atoms with Crippen molar-refractivity contribution >= 4 is 23.7 Å². The first kappa shape index (κ1) is 14.9. The minimum Gasteiger partial charge on any atom is -0.324 e. The lowest BCUT2D eigenvalue weighted by Crippen LogP contribution is -2.45. The van der Waals surface area contributed by atoms with Crippen LogP contribution in [0.1, 0.15) is 43.4 Å². The monoisotopic (exact) mass is 275 g/mol. The van der Waals surface area contributed by atoms with Gasteiger partial charge in [0.15, 0.2) is 0 Å². The van der Waals surface area contributed by atoms with Crippen molar-refractivity contribution < 1.29 is 0 Å². The minimum atomic E-state index is -0.117. The Morgan fingerprint density at radius 2 is 2.29 bits per heavy atom. The van der Waals surface area contributed by atoms with E-state index in [1.165, 1.54) is 18.5 Å². The van der Waals surface area contributed by atoms with Gasteiger partial charge in [0.05, 0.1) is 16.7 Å². The standard InChI is InChI=1S/C12H21N3S.ClH/c1-9-14-10(7-16-9)11-5-4-6-15(11)8-12(2,3)13;/h7,11H,4-6,8,13H2,1-3H3;1H/t11-;/m1./s1. The fraction of sp³-hybridized carbons (Fsp3) is 0.750. The van der Waals surface area contributed by atoms with Crippen LogP contribution in [0.5, 0.6) is 0 Å². The number of aromatic nitrogens is 1. The average molecular weight is 276 g/mol. The van der Waals surface area contributed by atoms with E-state index in [4.69, 9.17) is 5.73 Å². The number of likely N-dealkylation sites (tertiary alicyclic amines) is 1. The van der Waals surface area contributed by atoms with Gasteiger partial charge in [-0.25, -0.2) is 4.98 Å². The highest BCUT2D eigenvalue weighted by molar-refractivity contribution is 7.09. The molecule has 2 N–H and O–H groups in total. The highest BCUT2D eigenvalue weighted by atomic mass is 35.5. The number of nitrogens with zero attached hydrogens (tertiary/aromatic N) is 2. The molecule has 1 aromatic heterocycles. The lowest BCUT2D eigenvalue weighted by Gasteiger charge is -2.30. The first-order valence-corrected chi connectivity index (χ1v) is 6.79. The van der Waals surface area contributed by atoms with E-state index in [1.54, 1.807) is 11.3 Å². The Bertz CT molecular complexity index is 359. The molecule has 5 heteroatoms. The third-order valence-electron chi connectivity index (χ3n) is 2.95. The van der Waals surface area contributed by atoms with Gasteiger partial charge in [-0.2, -0.15) is 0 Å². The number of nitrogens with two attached hydrogens (primary N) is 1. The summed E-state index contributed by atoms with van der Waals surface area (Å²) in [6, 6.07) is 0.493. The topological polar surface area (TPSA) is 42.2 Å². The predicted molar refractivity (Wildman–Crippen MR) is 75.9 cm³/mol. The molecule has 98 valence electrons. The maximum absolute atomic E-state index is 6.10. The Hall–Kier alpha value is -0.160. The second kappa shape index (κ2) is 5.65. The van der Waals surface area contributed by atoms with Gasteiger partial charge in [0.1, 0.15) is 0 Å². The molecule has 0 bridgehead atoms. The Morgan fingerprint density at radius 3 is 2.82 bits per heavy atom. The smallest absolute Gasteiger partial charge is 0.0898 e.